The Labute approximate surface area is 330 Å². The molecule has 3 aromatic carbocycles. The molecule has 0 spiro atoms. The Morgan fingerprint density at radius 2 is 1.69 bits per heavy atom. The largest absolute Gasteiger partial charge is 0.503 e. The number of carbonyl (C=O) groups is 3. The van der Waals surface area contributed by atoms with Gasteiger partial charge in [0.15, 0.2) is 17.4 Å². The van der Waals surface area contributed by atoms with Gasteiger partial charge in [0.05, 0.1) is 28.2 Å². The number of imidazole rings is 1. The molecule has 1 saturated carbocycles. The van der Waals surface area contributed by atoms with E-state index in [-0.39, 0.29) is 42.9 Å². The van der Waals surface area contributed by atoms with Gasteiger partial charge in [-0.3, -0.25) is 33.5 Å². The molecule has 3 amide bonds. The molecular formula is C42H45F4N7O5. The Hall–Kier alpha value is -5.51. The van der Waals surface area contributed by atoms with Crippen molar-refractivity contribution in [3.8, 4) is 5.75 Å². The van der Waals surface area contributed by atoms with Gasteiger partial charge >= 0.3 is 5.69 Å². The standard InChI is InChI=1S/C42H45F4N7O5/c1-50-34-19-24(5-9-32(34)53(41(50)58)33-10-11-35(54)48-40(33)57)12-15-51-16-13-42(46,14-17-51)21-26-2-6-27-23-52(49-31(27)18-26)28-7-3-25(4-8-28)22-47-39(56)29-20-30(43)38(55)37(45)36(29)44/h2,5-6,9,18-20,23,25,28,33,55H,3-4,7-8,10-17,21-22H2,1H3,(H,47,56)(H,48,54,57). The number of aromatic nitrogens is 4. The number of carbonyl (C=O) groups excluding carboxylic acids is 3. The van der Waals surface area contributed by atoms with Crippen molar-refractivity contribution in [1.29, 1.82) is 0 Å². The predicted octanol–water partition coefficient (Wildman–Crippen LogP) is 5.54. The lowest BCUT2D eigenvalue weighted by molar-refractivity contribution is -0.135. The number of likely N-dealkylation sites (tertiary alicyclic amines) is 1. The molecule has 16 heteroatoms. The number of hydrogen-bond donors (Lipinski definition) is 3. The Morgan fingerprint density at radius 1 is 0.948 bits per heavy atom. The summed E-state index contributed by atoms with van der Waals surface area (Å²) in [5, 5.41) is 19.9. The lowest BCUT2D eigenvalue weighted by Gasteiger charge is -2.36. The summed E-state index contributed by atoms with van der Waals surface area (Å²) in [5.74, 6) is -7.92. The Morgan fingerprint density at radius 3 is 2.43 bits per heavy atom. The highest BCUT2D eigenvalue weighted by Gasteiger charge is 2.35. The number of hydrogen-bond acceptors (Lipinski definition) is 7. The lowest BCUT2D eigenvalue weighted by atomic mass is 9.86. The van der Waals surface area contributed by atoms with Gasteiger partial charge in [0.1, 0.15) is 11.7 Å². The number of phenolic OH excluding ortho intramolecular Hbond substituents is 1. The summed E-state index contributed by atoms with van der Waals surface area (Å²) in [6, 6.07) is 11.6. The van der Waals surface area contributed by atoms with Crippen molar-refractivity contribution in [2.24, 2.45) is 13.0 Å². The van der Waals surface area contributed by atoms with Crippen LogP contribution in [0.15, 0.2) is 53.5 Å². The SMILES string of the molecule is Cn1c(=O)n(C2CCC(=O)NC2=O)c2ccc(CCN3CCC(F)(Cc4ccc5cn(C6CCC(CNC(=O)c7cc(F)c(O)c(F)c7F)CC6)nc5c4)CC3)cc21. The fourth-order valence-electron chi connectivity index (χ4n) is 8.88. The van der Waals surface area contributed by atoms with E-state index in [0.717, 1.165) is 60.7 Å². The lowest BCUT2D eigenvalue weighted by Crippen LogP contribution is -2.44. The number of aromatic hydroxyl groups is 1. The van der Waals surface area contributed by atoms with E-state index in [0.29, 0.717) is 49.5 Å². The first-order chi connectivity index (χ1) is 27.8. The first-order valence-electron chi connectivity index (χ1n) is 19.8. The molecule has 0 radical (unpaired) electrons. The van der Waals surface area contributed by atoms with Gasteiger partial charge < -0.3 is 15.3 Å². The maximum Gasteiger partial charge on any atom is 0.329 e. The molecule has 1 atom stereocenters. The highest BCUT2D eigenvalue weighted by Crippen LogP contribution is 2.35. The number of alkyl halides is 1. The molecule has 4 heterocycles. The number of aryl methyl sites for hydroxylation is 1. The van der Waals surface area contributed by atoms with Gasteiger partial charge in [0, 0.05) is 57.7 Å². The van der Waals surface area contributed by atoms with Crippen molar-refractivity contribution in [2.75, 3.05) is 26.2 Å². The molecule has 8 rings (SSSR count). The summed E-state index contributed by atoms with van der Waals surface area (Å²) in [7, 11) is 1.68. The van der Waals surface area contributed by atoms with Gasteiger partial charge in [-0.1, -0.05) is 18.2 Å². The molecule has 3 N–H and O–H groups in total. The van der Waals surface area contributed by atoms with E-state index in [9.17, 15) is 37.5 Å². The topological polar surface area (TPSA) is 143 Å². The highest BCUT2D eigenvalue weighted by atomic mass is 19.2. The van der Waals surface area contributed by atoms with Crippen LogP contribution in [0.4, 0.5) is 17.6 Å². The van der Waals surface area contributed by atoms with Crippen molar-refractivity contribution in [3.05, 3.63) is 93.3 Å². The third kappa shape index (κ3) is 7.73. The van der Waals surface area contributed by atoms with Crippen LogP contribution in [0.2, 0.25) is 0 Å². The number of fused-ring (bicyclic) bond motifs is 2. The second-order valence-electron chi connectivity index (χ2n) is 16.2. The first-order valence-corrected chi connectivity index (χ1v) is 19.8. The molecule has 58 heavy (non-hydrogen) atoms. The number of phenols is 1. The zero-order chi connectivity index (χ0) is 40.9. The monoisotopic (exact) mass is 803 g/mol. The van der Waals surface area contributed by atoms with Gasteiger partial charge in [-0.25, -0.2) is 18.0 Å². The second-order valence-corrected chi connectivity index (χ2v) is 16.2. The molecule has 306 valence electrons. The minimum absolute atomic E-state index is 0.0896. The van der Waals surface area contributed by atoms with Crippen LogP contribution in [0.3, 0.4) is 0 Å². The minimum atomic E-state index is -1.80. The molecule has 2 saturated heterocycles. The molecule has 1 aliphatic carbocycles. The van der Waals surface area contributed by atoms with Gasteiger partial charge in [0.25, 0.3) is 5.91 Å². The molecule has 5 aromatic rings. The van der Waals surface area contributed by atoms with Crippen LogP contribution in [0.25, 0.3) is 21.9 Å². The van der Waals surface area contributed by atoms with Crippen LogP contribution < -0.4 is 16.3 Å². The maximum absolute atomic E-state index is 16.2. The van der Waals surface area contributed by atoms with Crippen LogP contribution in [-0.2, 0) is 29.5 Å². The molecule has 12 nitrogen and oxygen atoms in total. The molecule has 3 aliphatic rings. The van der Waals surface area contributed by atoms with E-state index >= 15 is 4.39 Å². The molecule has 0 bridgehead atoms. The van der Waals surface area contributed by atoms with Gasteiger partial charge in [-0.05, 0) is 92.7 Å². The van der Waals surface area contributed by atoms with Crippen molar-refractivity contribution >= 4 is 39.7 Å². The molecule has 2 aliphatic heterocycles. The van der Waals surface area contributed by atoms with E-state index in [1.54, 1.807) is 7.05 Å². The number of piperidine rings is 2. The molecule has 3 fully saturated rings. The number of amides is 3. The number of rotatable bonds is 10. The summed E-state index contributed by atoms with van der Waals surface area (Å²) < 4.78 is 62.8. The number of halogens is 4. The van der Waals surface area contributed by atoms with Crippen LogP contribution in [0, 0.1) is 23.4 Å². The second kappa shape index (κ2) is 15.7. The van der Waals surface area contributed by atoms with E-state index in [1.165, 1.54) is 9.13 Å². The highest BCUT2D eigenvalue weighted by molar-refractivity contribution is 6.00. The number of imide groups is 1. The van der Waals surface area contributed by atoms with Gasteiger partial charge in [-0.2, -0.15) is 9.49 Å². The van der Waals surface area contributed by atoms with E-state index in [4.69, 9.17) is 5.10 Å². The maximum atomic E-state index is 16.2. The van der Waals surface area contributed by atoms with Crippen LogP contribution in [-0.4, -0.2) is 78.5 Å². The van der Waals surface area contributed by atoms with Crippen molar-refractivity contribution in [2.45, 2.75) is 82.0 Å². The number of nitrogens with one attached hydrogen (secondary N) is 2. The minimum Gasteiger partial charge on any atom is -0.503 e. The van der Waals surface area contributed by atoms with E-state index in [1.807, 2.05) is 47.3 Å². The molecule has 1 unspecified atom stereocenters. The molecule has 2 aromatic heterocycles. The van der Waals surface area contributed by atoms with Crippen molar-refractivity contribution in [1.82, 2.24) is 34.4 Å². The smallest absolute Gasteiger partial charge is 0.329 e. The Bertz CT molecular complexity index is 2480. The average Bonchev–Trinajstić information content (AvgIpc) is 3.74. The number of nitrogens with zero attached hydrogens (tertiary/aromatic N) is 5. The summed E-state index contributed by atoms with van der Waals surface area (Å²) in [6.07, 6.45) is 7.37. The molecular weight excluding hydrogens is 758 g/mol. The van der Waals surface area contributed by atoms with Crippen LogP contribution in [0.5, 0.6) is 5.75 Å². The van der Waals surface area contributed by atoms with E-state index < -0.39 is 52.3 Å². The zero-order valence-electron chi connectivity index (χ0n) is 32.1. The first kappa shape index (κ1) is 39.3. The zero-order valence-corrected chi connectivity index (χ0v) is 32.1. The summed E-state index contributed by atoms with van der Waals surface area (Å²) in [5.41, 5.74) is 1.64. The van der Waals surface area contributed by atoms with E-state index in [2.05, 4.69) is 15.5 Å². The Balaban J connectivity index is 0.816. The normalized spacial score (nSPS) is 21.4. The van der Waals surface area contributed by atoms with Crippen LogP contribution in [0.1, 0.15) is 84.9 Å². The van der Waals surface area contributed by atoms with Crippen molar-refractivity contribution in [3.63, 3.8) is 0 Å². The summed E-state index contributed by atoms with van der Waals surface area (Å²) in [4.78, 5) is 52.0. The third-order valence-corrected chi connectivity index (χ3v) is 12.4. The summed E-state index contributed by atoms with van der Waals surface area (Å²) >= 11 is 0. The average molecular weight is 804 g/mol. The Kier molecular flexibility index (Phi) is 10.6. The fourth-order valence-corrected chi connectivity index (χ4v) is 8.88. The fraction of sp³-hybridized carbons (Fsp3) is 0.452. The van der Waals surface area contributed by atoms with Crippen molar-refractivity contribution < 1.29 is 37.1 Å². The predicted molar refractivity (Wildman–Crippen MR) is 207 cm³/mol. The summed E-state index contributed by atoms with van der Waals surface area (Å²) in [6.45, 7) is 2.20. The third-order valence-electron chi connectivity index (χ3n) is 12.4. The quantitative estimate of drug-likeness (QED) is 0.0957. The number of benzene rings is 3. The van der Waals surface area contributed by atoms with Gasteiger partial charge in [-0.15, -0.1) is 0 Å². The van der Waals surface area contributed by atoms with Crippen LogP contribution >= 0.6 is 0 Å². The van der Waals surface area contributed by atoms with Gasteiger partial charge in [0.2, 0.25) is 17.6 Å².